The van der Waals surface area contributed by atoms with Crippen LogP contribution in [0, 0.1) is 0 Å². The van der Waals surface area contributed by atoms with Crippen LogP contribution in [0.2, 0.25) is 0 Å². The SMILES string of the molecule is c1ccc(-c2ccccc2N(c2ccc(-c3ccccc3-n3c4ccccc4c4ccccc43)cc2)c2ccc(-c3cc4c5ccccc5ccc4c4ccccc34)cc2)cc1. The van der Waals surface area contributed by atoms with Gasteiger partial charge in [0.1, 0.15) is 0 Å². The van der Waals surface area contributed by atoms with Crippen molar-refractivity contribution in [3.05, 3.63) is 243 Å². The van der Waals surface area contributed by atoms with Gasteiger partial charge in [-0.25, -0.2) is 0 Å². The average molecular weight is 789 g/mol. The summed E-state index contributed by atoms with van der Waals surface area (Å²) in [5.41, 5.74) is 14.0. The highest BCUT2D eigenvalue weighted by Crippen LogP contribution is 2.44. The number of anilines is 3. The zero-order chi connectivity index (χ0) is 41.0. The first kappa shape index (κ1) is 35.7. The van der Waals surface area contributed by atoms with Crippen molar-refractivity contribution in [3.63, 3.8) is 0 Å². The molecule has 0 radical (unpaired) electrons. The maximum atomic E-state index is 2.42. The Morgan fingerprint density at radius 1 is 0.274 bits per heavy atom. The van der Waals surface area contributed by atoms with Crippen molar-refractivity contribution < 1.29 is 0 Å². The first-order chi connectivity index (χ1) is 30.8. The molecule has 12 aromatic rings. The summed E-state index contributed by atoms with van der Waals surface area (Å²) in [5, 5.41) is 10.1. The molecule has 0 unspecified atom stereocenters. The van der Waals surface area contributed by atoms with E-state index in [4.69, 9.17) is 0 Å². The van der Waals surface area contributed by atoms with Gasteiger partial charge in [-0.3, -0.25) is 0 Å². The van der Waals surface area contributed by atoms with Crippen LogP contribution in [0.15, 0.2) is 243 Å². The molecule has 0 fully saturated rings. The predicted octanol–water partition coefficient (Wildman–Crippen LogP) is 16.7. The van der Waals surface area contributed by atoms with E-state index < -0.39 is 0 Å². The fourth-order valence-corrected chi connectivity index (χ4v) is 9.73. The highest BCUT2D eigenvalue weighted by atomic mass is 15.1. The monoisotopic (exact) mass is 788 g/mol. The molecule has 0 amide bonds. The van der Waals surface area contributed by atoms with Gasteiger partial charge in [-0.15, -0.1) is 0 Å². The molecule has 12 rings (SSSR count). The Hall–Kier alpha value is -8.20. The van der Waals surface area contributed by atoms with Crippen LogP contribution >= 0.6 is 0 Å². The van der Waals surface area contributed by atoms with Crippen LogP contribution in [0.1, 0.15) is 0 Å². The Kier molecular flexibility index (Phi) is 8.53. The molecule has 0 saturated carbocycles. The smallest absolute Gasteiger partial charge is 0.0541 e. The van der Waals surface area contributed by atoms with E-state index in [1.807, 2.05) is 0 Å². The normalized spacial score (nSPS) is 11.5. The van der Waals surface area contributed by atoms with Crippen molar-refractivity contribution in [2.24, 2.45) is 0 Å². The van der Waals surface area contributed by atoms with Gasteiger partial charge in [0, 0.05) is 33.3 Å². The second-order valence-corrected chi connectivity index (χ2v) is 16.1. The van der Waals surface area contributed by atoms with Gasteiger partial charge in [-0.1, -0.05) is 188 Å². The number of hydrogen-bond donors (Lipinski definition) is 0. The molecule has 0 saturated heterocycles. The van der Waals surface area contributed by atoms with Crippen molar-refractivity contribution >= 4 is 71.2 Å². The van der Waals surface area contributed by atoms with Crippen LogP contribution in [0.25, 0.3) is 93.2 Å². The van der Waals surface area contributed by atoms with E-state index in [0.29, 0.717) is 0 Å². The molecule has 2 heteroatoms. The minimum absolute atomic E-state index is 1.09. The average Bonchev–Trinajstić information content (AvgIpc) is 3.69. The summed E-state index contributed by atoms with van der Waals surface area (Å²) >= 11 is 0. The zero-order valence-corrected chi connectivity index (χ0v) is 34.0. The Morgan fingerprint density at radius 3 is 1.45 bits per heavy atom. The summed E-state index contributed by atoms with van der Waals surface area (Å²) < 4.78 is 2.42. The highest BCUT2D eigenvalue weighted by Gasteiger charge is 2.20. The quantitative estimate of drug-likeness (QED) is 0.146. The van der Waals surface area contributed by atoms with Crippen LogP contribution < -0.4 is 4.90 Å². The molecular formula is C60H40N2. The molecule has 0 bridgehead atoms. The summed E-state index contributed by atoms with van der Waals surface area (Å²) in [6, 6.07) is 88.4. The third-order valence-corrected chi connectivity index (χ3v) is 12.6. The van der Waals surface area contributed by atoms with E-state index in [-0.39, 0.29) is 0 Å². The molecule has 0 atom stereocenters. The molecule has 0 aliphatic heterocycles. The van der Waals surface area contributed by atoms with E-state index in [9.17, 15) is 0 Å². The molecule has 11 aromatic carbocycles. The summed E-state index contributed by atoms with van der Waals surface area (Å²) in [6.45, 7) is 0. The number of nitrogens with zero attached hydrogens (tertiary/aromatic N) is 2. The molecule has 0 spiro atoms. The Balaban J connectivity index is 0.998. The number of rotatable bonds is 7. The number of aromatic nitrogens is 1. The molecule has 1 aromatic heterocycles. The Morgan fingerprint density at radius 2 is 0.758 bits per heavy atom. The molecule has 0 N–H and O–H groups in total. The highest BCUT2D eigenvalue weighted by molar-refractivity contribution is 6.21. The van der Waals surface area contributed by atoms with Crippen molar-refractivity contribution in [2.75, 3.05) is 4.90 Å². The molecule has 290 valence electrons. The van der Waals surface area contributed by atoms with Crippen molar-refractivity contribution in [3.8, 4) is 39.1 Å². The second-order valence-electron chi connectivity index (χ2n) is 16.1. The van der Waals surface area contributed by atoms with E-state index in [1.165, 1.54) is 81.9 Å². The molecule has 0 aliphatic rings. The van der Waals surface area contributed by atoms with Crippen LogP contribution in [0.5, 0.6) is 0 Å². The lowest BCUT2D eigenvalue weighted by molar-refractivity contribution is 1.18. The summed E-state index contributed by atoms with van der Waals surface area (Å²) in [5.74, 6) is 0. The third kappa shape index (κ3) is 5.88. The number of benzene rings is 11. The van der Waals surface area contributed by atoms with Gasteiger partial charge < -0.3 is 9.47 Å². The largest absolute Gasteiger partial charge is 0.310 e. The van der Waals surface area contributed by atoms with E-state index in [2.05, 4.69) is 252 Å². The predicted molar refractivity (Wildman–Crippen MR) is 264 cm³/mol. The van der Waals surface area contributed by atoms with Gasteiger partial charge in [0.05, 0.1) is 22.4 Å². The van der Waals surface area contributed by atoms with Gasteiger partial charge in [0.25, 0.3) is 0 Å². The van der Waals surface area contributed by atoms with Gasteiger partial charge in [-0.05, 0) is 109 Å². The Labute approximate surface area is 360 Å². The van der Waals surface area contributed by atoms with E-state index >= 15 is 0 Å². The van der Waals surface area contributed by atoms with E-state index in [1.54, 1.807) is 0 Å². The maximum Gasteiger partial charge on any atom is 0.0541 e. The Bertz CT molecular complexity index is 3560. The number of para-hydroxylation sites is 4. The molecule has 62 heavy (non-hydrogen) atoms. The fourth-order valence-electron chi connectivity index (χ4n) is 9.73. The van der Waals surface area contributed by atoms with Crippen molar-refractivity contribution in [1.29, 1.82) is 0 Å². The molecule has 2 nitrogen and oxygen atoms in total. The molecule has 0 aliphatic carbocycles. The lowest BCUT2D eigenvalue weighted by atomic mass is 9.91. The summed E-state index contributed by atoms with van der Waals surface area (Å²) in [4.78, 5) is 2.40. The van der Waals surface area contributed by atoms with Crippen molar-refractivity contribution in [2.45, 2.75) is 0 Å². The number of hydrogen-bond acceptors (Lipinski definition) is 1. The lowest BCUT2D eigenvalue weighted by Gasteiger charge is -2.28. The van der Waals surface area contributed by atoms with Crippen LogP contribution in [-0.2, 0) is 0 Å². The fraction of sp³-hybridized carbons (Fsp3) is 0. The number of fused-ring (bicyclic) bond motifs is 8. The first-order valence-corrected chi connectivity index (χ1v) is 21.3. The minimum atomic E-state index is 1.09. The van der Waals surface area contributed by atoms with Crippen LogP contribution in [-0.4, -0.2) is 4.57 Å². The summed E-state index contributed by atoms with van der Waals surface area (Å²) in [6.07, 6.45) is 0. The topological polar surface area (TPSA) is 8.17 Å². The van der Waals surface area contributed by atoms with Gasteiger partial charge in [0.15, 0.2) is 0 Å². The second kappa shape index (κ2) is 14.8. The van der Waals surface area contributed by atoms with Gasteiger partial charge >= 0.3 is 0 Å². The van der Waals surface area contributed by atoms with Crippen LogP contribution in [0.4, 0.5) is 17.1 Å². The molecule has 1 heterocycles. The van der Waals surface area contributed by atoms with E-state index in [0.717, 1.165) is 28.3 Å². The maximum absolute atomic E-state index is 2.42. The molecular weight excluding hydrogens is 749 g/mol. The summed E-state index contributed by atoms with van der Waals surface area (Å²) in [7, 11) is 0. The lowest BCUT2D eigenvalue weighted by Crippen LogP contribution is -2.11. The van der Waals surface area contributed by atoms with Crippen molar-refractivity contribution in [1.82, 2.24) is 4.57 Å². The zero-order valence-electron chi connectivity index (χ0n) is 34.0. The standard InChI is InChI=1S/C60H40N2/c1-2-16-41(17-3-1)48-20-8-12-26-57(48)61(46-37-32-44(33-38-46)55-40-56-47-19-5-4-18-42(47)34-39-52(56)50-22-6-7-23-51(50)55)45-35-30-43(31-36-45)49-21-9-13-27-58(49)62-59-28-14-10-24-53(59)54-25-11-15-29-60(54)62/h1-40H. The first-order valence-electron chi connectivity index (χ1n) is 21.3. The third-order valence-electron chi connectivity index (χ3n) is 12.6. The minimum Gasteiger partial charge on any atom is -0.310 e. The van der Waals surface area contributed by atoms with Gasteiger partial charge in [0.2, 0.25) is 0 Å². The van der Waals surface area contributed by atoms with Gasteiger partial charge in [-0.2, -0.15) is 0 Å². The van der Waals surface area contributed by atoms with Crippen LogP contribution in [0.3, 0.4) is 0 Å².